The summed E-state index contributed by atoms with van der Waals surface area (Å²) in [6.45, 7) is 2.75. The average Bonchev–Trinajstić information content (AvgIpc) is 2.92. The third-order valence-electron chi connectivity index (χ3n) is 3.87. The van der Waals surface area contributed by atoms with Gasteiger partial charge in [-0.3, -0.25) is 0 Å². The number of hydrogen-bond donors (Lipinski definition) is 1. The zero-order valence-electron chi connectivity index (χ0n) is 13.7. The summed E-state index contributed by atoms with van der Waals surface area (Å²) < 4.78 is 7.73. The molecule has 126 valence electrons. The van der Waals surface area contributed by atoms with Crippen LogP contribution in [0.25, 0.3) is 11.0 Å². The molecule has 5 heteroatoms. The van der Waals surface area contributed by atoms with E-state index in [1.807, 2.05) is 36.4 Å². The highest BCUT2D eigenvalue weighted by molar-refractivity contribution is 6.32. The Labute approximate surface area is 146 Å². The fraction of sp³-hybridized carbons (Fsp3) is 0.316. The number of para-hydroxylation sites is 3. The van der Waals surface area contributed by atoms with Crippen LogP contribution in [0.15, 0.2) is 48.5 Å². The molecule has 3 aromatic rings. The van der Waals surface area contributed by atoms with E-state index in [1.54, 1.807) is 12.1 Å². The smallest absolute Gasteiger partial charge is 0.138 e. The molecule has 0 aliphatic heterocycles. The van der Waals surface area contributed by atoms with E-state index in [-0.39, 0.29) is 6.61 Å². The summed E-state index contributed by atoms with van der Waals surface area (Å²) in [7, 11) is 0. The Morgan fingerprint density at radius 2 is 1.92 bits per heavy atom. The van der Waals surface area contributed by atoms with E-state index < -0.39 is 6.10 Å². The number of aromatic nitrogens is 2. The highest BCUT2D eigenvalue weighted by Crippen LogP contribution is 2.23. The topological polar surface area (TPSA) is 47.3 Å². The van der Waals surface area contributed by atoms with Crippen molar-refractivity contribution in [3.05, 3.63) is 59.4 Å². The largest absolute Gasteiger partial charge is 0.489 e. The molecule has 0 unspecified atom stereocenters. The molecule has 0 amide bonds. The molecule has 3 rings (SSSR count). The first-order valence-electron chi connectivity index (χ1n) is 8.18. The number of benzene rings is 2. The van der Waals surface area contributed by atoms with Gasteiger partial charge in [-0.1, -0.05) is 42.8 Å². The number of imidazole rings is 1. The molecule has 0 fully saturated rings. The van der Waals surface area contributed by atoms with Gasteiger partial charge in [0.25, 0.3) is 0 Å². The molecule has 1 aromatic heterocycles. The van der Waals surface area contributed by atoms with Gasteiger partial charge in [0.1, 0.15) is 24.3 Å². The maximum Gasteiger partial charge on any atom is 0.138 e. The number of fused-ring (bicyclic) bond motifs is 1. The minimum absolute atomic E-state index is 0.182. The molecule has 0 spiro atoms. The molecule has 0 bridgehead atoms. The van der Waals surface area contributed by atoms with E-state index >= 15 is 0 Å². The molecule has 4 nitrogen and oxygen atoms in total. The van der Waals surface area contributed by atoms with Crippen LogP contribution in [-0.2, 0) is 13.0 Å². The van der Waals surface area contributed by atoms with Crippen molar-refractivity contribution in [1.82, 2.24) is 9.55 Å². The van der Waals surface area contributed by atoms with Crippen molar-refractivity contribution < 1.29 is 9.84 Å². The van der Waals surface area contributed by atoms with E-state index in [0.29, 0.717) is 17.3 Å². The number of aryl methyl sites for hydroxylation is 1. The Morgan fingerprint density at radius 3 is 2.71 bits per heavy atom. The number of hydrogen-bond acceptors (Lipinski definition) is 3. The molecule has 1 N–H and O–H groups in total. The van der Waals surface area contributed by atoms with E-state index in [1.165, 1.54) is 0 Å². The highest BCUT2D eigenvalue weighted by atomic mass is 35.5. The van der Waals surface area contributed by atoms with Gasteiger partial charge in [0.15, 0.2) is 0 Å². The lowest BCUT2D eigenvalue weighted by atomic mass is 10.3. The summed E-state index contributed by atoms with van der Waals surface area (Å²) in [6, 6.07) is 15.3. The normalized spacial score (nSPS) is 12.5. The maximum absolute atomic E-state index is 10.4. The van der Waals surface area contributed by atoms with E-state index in [2.05, 4.69) is 16.5 Å². The maximum atomic E-state index is 10.4. The first-order chi connectivity index (χ1) is 11.7. The highest BCUT2D eigenvalue weighted by Gasteiger charge is 2.14. The molecule has 0 aliphatic rings. The fourth-order valence-electron chi connectivity index (χ4n) is 2.75. The molecule has 0 saturated heterocycles. The summed E-state index contributed by atoms with van der Waals surface area (Å²) in [5, 5.41) is 11.0. The first-order valence-corrected chi connectivity index (χ1v) is 8.56. The van der Waals surface area contributed by atoms with Crippen LogP contribution in [0.2, 0.25) is 5.02 Å². The minimum atomic E-state index is -0.644. The zero-order chi connectivity index (χ0) is 16.9. The van der Waals surface area contributed by atoms with Crippen LogP contribution in [0, 0.1) is 0 Å². The Balaban J connectivity index is 1.74. The molecule has 0 radical (unpaired) electrons. The van der Waals surface area contributed by atoms with Crippen LogP contribution in [0.4, 0.5) is 0 Å². The number of aliphatic hydroxyl groups is 1. The first kappa shape index (κ1) is 16.8. The van der Waals surface area contributed by atoms with Crippen LogP contribution in [-0.4, -0.2) is 27.4 Å². The van der Waals surface area contributed by atoms with Gasteiger partial charge in [-0.25, -0.2) is 4.98 Å². The van der Waals surface area contributed by atoms with Crippen LogP contribution in [0.1, 0.15) is 19.2 Å². The van der Waals surface area contributed by atoms with Crippen molar-refractivity contribution in [2.45, 2.75) is 32.4 Å². The quantitative estimate of drug-likeness (QED) is 0.702. The minimum Gasteiger partial charge on any atom is -0.489 e. The lowest BCUT2D eigenvalue weighted by Crippen LogP contribution is -2.24. The van der Waals surface area contributed by atoms with Crippen molar-refractivity contribution in [3.8, 4) is 5.75 Å². The van der Waals surface area contributed by atoms with Crippen molar-refractivity contribution in [3.63, 3.8) is 0 Å². The SMILES string of the molecule is CCCc1nc2ccccc2n1C[C@H](O)COc1ccccc1Cl. The van der Waals surface area contributed by atoms with Gasteiger partial charge in [-0.05, 0) is 30.7 Å². The van der Waals surface area contributed by atoms with Gasteiger partial charge >= 0.3 is 0 Å². The number of halogens is 1. The summed E-state index contributed by atoms with van der Waals surface area (Å²) in [6.07, 6.45) is 1.25. The molecule has 24 heavy (non-hydrogen) atoms. The van der Waals surface area contributed by atoms with Crippen molar-refractivity contribution in [1.29, 1.82) is 0 Å². The monoisotopic (exact) mass is 344 g/mol. The lowest BCUT2D eigenvalue weighted by Gasteiger charge is -2.16. The summed E-state index contributed by atoms with van der Waals surface area (Å²) in [5.41, 5.74) is 2.00. The van der Waals surface area contributed by atoms with Crippen molar-refractivity contribution >= 4 is 22.6 Å². The molecule has 1 heterocycles. The van der Waals surface area contributed by atoms with Gasteiger partial charge in [0.05, 0.1) is 22.6 Å². The zero-order valence-corrected chi connectivity index (χ0v) is 14.4. The Kier molecular flexibility index (Phi) is 5.38. The number of ether oxygens (including phenoxy) is 1. The Bertz CT molecular complexity index is 816. The molecular weight excluding hydrogens is 324 g/mol. The second-order valence-corrected chi connectivity index (χ2v) is 6.18. The Hall–Kier alpha value is -2.04. The van der Waals surface area contributed by atoms with Crippen LogP contribution >= 0.6 is 11.6 Å². The summed E-state index contributed by atoms with van der Waals surface area (Å²) in [5.74, 6) is 1.58. The average molecular weight is 345 g/mol. The molecular formula is C19H21ClN2O2. The van der Waals surface area contributed by atoms with Gasteiger partial charge in [0.2, 0.25) is 0 Å². The van der Waals surface area contributed by atoms with Crippen LogP contribution in [0.5, 0.6) is 5.75 Å². The lowest BCUT2D eigenvalue weighted by molar-refractivity contribution is 0.0927. The second kappa shape index (κ2) is 7.69. The molecule has 1 atom stereocenters. The number of rotatable bonds is 7. The number of aliphatic hydroxyl groups excluding tert-OH is 1. The van der Waals surface area contributed by atoms with E-state index in [9.17, 15) is 5.11 Å². The molecule has 0 saturated carbocycles. The van der Waals surface area contributed by atoms with Crippen LogP contribution in [0.3, 0.4) is 0 Å². The molecule has 2 aromatic carbocycles. The van der Waals surface area contributed by atoms with Gasteiger partial charge in [0, 0.05) is 6.42 Å². The fourth-order valence-corrected chi connectivity index (χ4v) is 2.95. The predicted octanol–water partition coefficient (Wildman–Crippen LogP) is 4.08. The van der Waals surface area contributed by atoms with Crippen molar-refractivity contribution in [2.24, 2.45) is 0 Å². The van der Waals surface area contributed by atoms with Crippen molar-refractivity contribution in [2.75, 3.05) is 6.61 Å². The third kappa shape index (κ3) is 3.71. The van der Waals surface area contributed by atoms with Gasteiger partial charge < -0.3 is 14.4 Å². The Morgan fingerprint density at radius 1 is 1.17 bits per heavy atom. The van der Waals surface area contributed by atoms with Gasteiger partial charge in [-0.2, -0.15) is 0 Å². The van der Waals surface area contributed by atoms with E-state index in [0.717, 1.165) is 29.7 Å². The standard InChI is InChI=1S/C19H21ClN2O2/c1-2-7-19-21-16-9-4-5-10-17(16)22(19)12-14(23)13-24-18-11-6-3-8-15(18)20/h3-6,8-11,14,23H,2,7,12-13H2,1H3/t14-/m0/s1. The third-order valence-corrected chi connectivity index (χ3v) is 4.18. The predicted molar refractivity (Wildman–Crippen MR) is 96.7 cm³/mol. The number of nitrogens with zero attached hydrogens (tertiary/aromatic N) is 2. The van der Waals surface area contributed by atoms with Crippen LogP contribution < -0.4 is 4.74 Å². The summed E-state index contributed by atoms with van der Waals surface area (Å²) >= 11 is 6.07. The molecule has 0 aliphatic carbocycles. The summed E-state index contributed by atoms with van der Waals surface area (Å²) in [4.78, 5) is 4.68. The second-order valence-electron chi connectivity index (χ2n) is 5.77. The van der Waals surface area contributed by atoms with E-state index in [4.69, 9.17) is 16.3 Å². The van der Waals surface area contributed by atoms with Gasteiger partial charge in [-0.15, -0.1) is 0 Å².